The number of halogens is 2. The first-order valence-electron chi connectivity index (χ1n) is 10.6. The van der Waals surface area contributed by atoms with Crippen LogP contribution in [0.2, 0.25) is 10.0 Å². The number of allylic oxidation sites excluding steroid dienone is 1. The molecule has 2 aliphatic rings. The average Bonchev–Trinajstić information content (AvgIpc) is 2.84. The molecule has 2 atom stereocenters. The van der Waals surface area contributed by atoms with Crippen LogP contribution in [0.25, 0.3) is 0 Å². The van der Waals surface area contributed by atoms with Crippen molar-refractivity contribution in [3.63, 3.8) is 0 Å². The first-order valence-corrected chi connectivity index (χ1v) is 14.4. The molecule has 4 rings (SSSR count). The monoisotopic (exact) mass is 598 g/mol. The maximum atomic E-state index is 12.8. The number of carboxylic acids is 1. The summed E-state index contributed by atoms with van der Waals surface area (Å²) in [6.45, 7) is 0. The van der Waals surface area contributed by atoms with Gasteiger partial charge in [0.25, 0.3) is 5.91 Å². The molecule has 15 heteroatoms. The van der Waals surface area contributed by atoms with Crippen LogP contribution in [0.4, 0.5) is 11.8 Å². The molecule has 1 aromatic heterocycles. The van der Waals surface area contributed by atoms with Crippen molar-refractivity contribution in [2.75, 3.05) is 28.7 Å². The van der Waals surface area contributed by atoms with Crippen molar-refractivity contribution in [3.8, 4) is 0 Å². The van der Waals surface area contributed by atoms with Crippen LogP contribution in [-0.4, -0.2) is 66.4 Å². The van der Waals surface area contributed by atoms with Gasteiger partial charge in [-0.15, -0.1) is 35.3 Å². The zero-order valence-electron chi connectivity index (χ0n) is 18.9. The number of β-lactam (4-membered cyclic amide) rings is 1. The number of hydrogen-bond acceptors (Lipinski definition) is 10. The smallest absolute Gasteiger partial charge is 0.352 e. The summed E-state index contributed by atoms with van der Waals surface area (Å²) < 4.78 is 0. The van der Waals surface area contributed by atoms with E-state index in [0.717, 1.165) is 0 Å². The van der Waals surface area contributed by atoms with Crippen molar-refractivity contribution in [1.82, 2.24) is 20.2 Å². The van der Waals surface area contributed by atoms with E-state index in [1.54, 1.807) is 36.4 Å². The van der Waals surface area contributed by atoms with E-state index in [2.05, 4.69) is 15.3 Å². The molecule has 3 heterocycles. The van der Waals surface area contributed by atoms with Crippen molar-refractivity contribution >= 4 is 88.0 Å². The van der Waals surface area contributed by atoms with E-state index in [1.807, 2.05) is 0 Å². The summed E-state index contributed by atoms with van der Waals surface area (Å²) >= 11 is 16.0. The largest absolute Gasteiger partial charge is 0.477 e. The molecule has 6 N–H and O–H groups in total. The quantitative estimate of drug-likeness (QED) is 0.190. The number of nitrogens with two attached hydrogens (primary N) is 2. The Labute approximate surface area is 234 Å². The fourth-order valence-electron chi connectivity index (χ4n) is 3.58. The van der Waals surface area contributed by atoms with E-state index in [0.29, 0.717) is 37.0 Å². The molecular formula is C22H20Cl2N6O4S3. The summed E-state index contributed by atoms with van der Waals surface area (Å²) in [5.74, 6) is -0.853. The Morgan fingerprint density at radius 3 is 2.76 bits per heavy atom. The highest BCUT2D eigenvalue weighted by Crippen LogP contribution is 2.41. The van der Waals surface area contributed by atoms with E-state index in [1.165, 1.54) is 40.2 Å². The summed E-state index contributed by atoms with van der Waals surface area (Å²) in [6, 6.07) is 5.73. The number of rotatable bonds is 9. The van der Waals surface area contributed by atoms with Crippen LogP contribution in [0.3, 0.4) is 0 Å². The maximum Gasteiger partial charge on any atom is 0.352 e. The minimum Gasteiger partial charge on any atom is -0.477 e. The number of aliphatic carboxylic acids is 1. The van der Waals surface area contributed by atoms with E-state index in [-0.39, 0.29) is 29.1 Å². The summed E-state index contributed by atoms with van der Waals surface area (Å²) in [4.78, 5) is 47.1. The molecule has 194 valence electrons. The molecule has 0 spiro atoms. The van der Waals surface area contributed by atoms with Crippen LogP contribution < -0.4 is 16.8 Å². The molecule has 1 fully saturated rings. The van der Waals surface area contributed by atoms with Crippen LogP contribution in [0.1, 0.15) is 0 Å². The van der Waals surface area contributed by atoms with Gasteiger partial charge in [0.05, 0.1) is 10.8 Å². The number of carbonyl (C=O) groups is 3. The molecule has 1 saturated heterocycles. The van der Waals surface area contributed by atoms with Gasteiger partial charge in [-0.05, 0) is 23.8 Å². The lowest BCUT2D eigenvalue weighted by atomic mass is 10.0. The van der Waals surface area contributed by atoms with E-state index in [4.69, 9.17) is 34.7 Å². The third kappa shape index (κ3) is 6.47. The minimum absolute atomic E-state index is 0.0259. The van der Waals surface area contributed by atoms with Gasteiger partial charge in [-0.3, -0.25) is 14.5 Å². The topological polar surface area (TPSA) is 165 Å². The summed E-state index contributed by atoms with van der Waals surface area (Å²) in [5, 5.41) is 13.6. The molecule has 0 aliphatic carbocycles. The Morgan fingerprint density at radius 2 is 2.03 bits per heavy atom. The van der Waals surface area contributed by atoms with Crippen molar-refractivity contribution < 1.29 is 19.5 Å². The fraction of sp³-hybridized carbons (Fsp3) is 0.227. The lowest BCUT2D eigenvalue weighted by molar-refractivity contribution is -0.150. The van der Waals surface area contributed by atoms with Gasteiger partial charge in [0.15, 0.2) is 0 Å². The number of anilines is 2. The average molecular weight is 600 g/mol. The van der Waals surface area contributed by atoms with Crippen LogP contribution in [0, 0.1) is 0 Å². The molecule has 0 radical (unpaired) electrons. The molecule has 2 aliphatic heterocycles. The minimum atomic E-state index is -1.21. The Balaban J connectivity index is 1.36. The Morgan fingerprint density at radius 1 is 1.24 bits per heavy atom. The zero-order chi connectivity index (χ0) is 26.7. The highest BCUT2D eigenvalue weighted by atomic mass is 35.5. The van der Waals surface area contributed by atoms with Gasteiger partial charge in [-0.1, -0.05) is 35.4 Å². The highest BCUT2D eigenvalue weighted by molar-refractivity contribution is 8.00. The van der Waals surface area contributed by atoms with Crippen molar-refractivity contribution in [3.05, 3.63) is 57.7 Å². The van der Waals surface area contributed by atoms with Gasteiger partial charge < -0.3 is 21.9 Å². The SMILES string of the molecule is Nc1cc(SC/C=C/C2=C(C(=O)O)N3C(=O)[C@@H](NC(=O)CSc4cc(Cl)ccc4Cl)C3SC2)nc(N)n1. The summed E-state index contributed by atoms with van der Waals surface area (Å²) in [5.41, 5.74) is 11.7. The highest BCUT2D eigenvalue weighted by Gasteiger charge is 2.53. The number of thioether (sulfide) groups is 3. The number of carboxylic acid groups (broad SMARTS) is 1. The summed E-state index contributed by atoms with van der Waals surface area (Å²) in [6.07, 6.45) is 3.46. The Kier molecular flexibility index (Phi) is 8.80. The molecule has 10 nitrogen and oxygen atoms in total. The second-order valence-corrected chi connectivity index (χ2v) is 11.7. The van der Waals surface area contributed by atoms with E-state index < -0.39 is 23.3 Å². The molecule has 1 aromatic carbocycles. The number of fused-ring (bicyclic) bond motifs is 1. The lowest BCUT2D eigenvalue weighted by Gasteiger charge is -2.49. The van der Waals surface area contributed by atoms with Gasteiger partial charge in [-0.25, -0.2) is 9.78 Å². The second kappa shape index (κ2) is 11.9. The van der Waals surface area contributed by atoms with Gasteiger partial charge >= 0.3 is 5.97 Å². The molecule has 1 unspecified atom stereocenters. The number of amides is 2. The first-order chi connectivity index (χ1) is 17.6. The number of nitrogens with zero attached hydrogens (tertiary/aromatic N) is 3. The second-order valence-electron chi connectivity index (χ2n) is 7.70. The number of carbonyl (C=O) groups excluding carboxylic acids is 2. The normalized spacial score (nSPS) is 19.1. The first kappa shape index (κ1) is 27.5. The third-order valence-corrected chi connectivity index (χ3v) is 9.05. The van der Waals surface area contributed by atoms with Crippen LogP contribution in [0.5, 0.6) is 0 Å². The Bertz CT molecular complexity index is 1310. The lowest BCUT2D eigenvalue weighted by Crippen LogP contribution is -2.70. The zero-order valence-corrected chi connectivity index (χ0v) is 22.9. The summed E-state index contributed by atoms with van der Waals surface area (Å²) in [7, 11) is 0. The third-order valence-electron chi connectivity index (χ3n) is 5.16. The number of nitrogens with one attached hydrogen (secondary N) is 1. The van der Waals surface area contributed by atoms with Gasteiger partial charge in [0.1, 0.15) is 28.0 Å². The number of aromatic nitrogens is 2. The Hall–Kier alpha value is -2.58. The van der Waals surface area contributed by atoms with Gasteiger partial charge in [-0.2, -0.15) is 4.98 Å². The van der Waals surface area contributed by atoms with Gasteiger partial charge in [0, 0.05) is 27.5 Å². The van der Waals surface area contributed by atoms with Crippen LogP contribution in [-0.2, 0) is 14.4 Å². The standard InChI is InChI=1S/C22H20Cl2N6O4S3/c23-11-3-4-12(24)13(6-11)36-9-15(31)28-17-19(32)30-18(21(33)34)10(8-37-20(17)30)2-1-5-35-16-7-14(25)27-22(26)29-16/h1-4,6-7,17,20H,5,8-9H2,(H,28,31)(H,33,34)(H4,25,26,27,29)/b2-1+/t17-,20?/m1/s1. The molecule has 0 saturated carbocycles. The maximum absolute atomic E-state index is 12.8. The van der Waals surface area contributed by atoms with E-state index >= 15 is 0 Å². The van der Waals surface area contributed by atoms with Crippen molar-refractivity contribution in [2.45, 2.75) is 21.3 Å². The molecule has 0 bridgehead atoms. The predicted molar refractivity (Wildman–Crippen MR) is 148 cm³/mol. The number of nitrogen functional groups attached to an aromatic ring is 2. The van der Waals surface area contributed by atoms with Crippen molar-refractivity contribution in [1.29, 1.82) is 0 Å². The van der Waals surface area contributed by atoms with Crippen molar-refractivity contribution in [2.24, 2.45) is 0 Å². The van der Waals surface area contributed by atoms with Crippen LogP contribution >= 0.6 is 58.5 Å². The van der Waals surface area contributed by atoms with Crippen LogP contribution in [0.15, 0.2) is 57.6 Å². The molecule has 2 amide bonds. The van der Waals surface area contributed by atoms with E-state index in [9.17, 15) is 19.5 Å². The number of benzene rings is 1. The molecule has 2 aromatic rings. The molecular weight excluding hydrogens is 579 g/mol. The van der Waals surface area contributed by atoms with Gasteiger partial charge in [0.2, 0.25) is 11.9 Å². The number of hydrogen-bond donors (Lipinski definition) is 4. The fourth-order valence-corrected chi connectivity index (χ4v) is 6.92. The predicted octanol–water partition coefficient (Wildman–Crippen LogP) is 3.13. The molecule has 37 heavy (non-hydrogen) atoms.